The van der Waals surface area contributed by atoms with Crippen LogP contribution in [-0.2, 0) is 0 Å². The molecule has 0 amide bonds. The normalized spacial score (nSPS) is 10.2. The zero-order valence-electron chi connectivity index (χ0n) is 7.05. The highest BCUT2D eigenvalue weighted by molar-refractivity contribution is 5.84. The lowest BCUT2D eigenvalue weighted by Crippen LogP contribution is -2.25. The van der Waals surface area contributed by atoms with Crippen LogP contribution in [-0.4, -0.2) is 6.29 Å². The number of hydrogen-bond acceptors (Lipinski definition) is 4. The van der Waals surface area contributed by atoms with Crippen molar-refractivity contribution in [1.29, 1.82) is 0 Å². The zero-order valence-corrected chi connectivity index (χ0v) is 7.05. The lowest BCUT2D eigenvalue weighted by molar-refractivity contribution is 0.112. The van der Waals surface area contributed by atoms with Crippen molar-refractivity contribution in [3.63, 3.8) is 0 Å². The van der Waals surface area contributed by atoms with Crippen LogP contribution in [0.3, 0.4) is 0 Å². The number of nitrogens with zero attached hydrogens (tertiary/aromatic N) is 1. The molecule has 0 heterocycles. The molecular formula is C9H11N3O. The standard InChI is InChI=1S/C9H11N3O/c10-5-6-12(11)9-4-2-1-3-8(9)7-13/h1-7H,10-11H2/b6-5-. The Balaban J connectivity index is 3.05. The summed E-state index contributed by atoms with van der Waals surface area (Å²) in [5.41, 5.74) is 6.32. The minimum absolute atomic E-state index is 0.531. The van der Waals surface area contributed by atoms with Crippen LogP contribution in [0, 0.1) is 0 Å². The number of anilines is 1. The van der Waals surface area contributed by atoms with Gasteiger partial charge in [-0.1, -0.05) is 12.1 Å². The molecule has 0 spiro atoms. The second-order valence-corrected chi connectivity index (χ2v) is 2.43. The van der Waals surface area contributed by atoms with E-state index in [1.807, 2.05) is 0 Å². The van der Waals surface area contributed by atoms with E-state index in [4.69, 9.17) is 11.6 Å². The minimum atomic E-state index is 0.531. The molecule has 0 radical (unpaired) electrons. The Morgan fingerprint density at radius 1 is 1.31 bits per heavy atom. The molecule has 1 aromatic carbocycles. The van der Waals surface area contributed by atoms with Gasteiger partial charge in [-0.05, 0) is 12.1 Å². The van der Waals surface area contributed by atoms with Crippen LogP contribution in [0.25, 0.3) is 0 Å². The van der Waals surface area contributed by atoms with Crippen molar-refractivity contribution in [2.24, 2.45) is 11.6 Å². The fourth-order valence-corrected chi connectivity index (χ4v) is 0.995. The van der Waals surface area contributed by atoms with Gasteiger partial charge in [-0.2, -0.15) is 0 Å². The third kappa shape index (κ3) is 2.07. The number of hydrazine groups is 1. The van der Waals surface area contributed by atoms with E-state index in [9.17, 15) is 4.79 Å². The van der Waals surface area contributed by atoms with Crippen molar-refractivity contribution in [2.45, 2.75) is 0 Å². The summed E-state index contributed by atoms with van der Waals surface area (Å²) in [6, 6.07) is 7.00. The van der Waals surface area contributed by atoms with Gasteiger partial charge in [-0.25, -0.2) is 5.84 Å². The third-order valence-corrected chi connectivity index (χ3v) is 1.59. The Morgan fingerprint density at radius 3 is 2.62 bits per heavy atom. The van der Waals surface area contributed by atoms with E-state index in [0.717, 1.165) is 6.29 Å². The maximum Gasteiger partial charge on any atom is 0.152 e. The molecule has 0 saturated carbocycles. The lowest BCUT2D eigenvalue weighted by Gasteiger charge is -2.14. The summed E-state index contributed by atoms with van der Waals surface area (Å²) in [6.45, 7) is 0. The average Bonchev–Trinajstić information content (AvgIpc) is 2.18. The molecule has 0 fully saturated rings. The average molecular weight is 177 g/mol. The van der Waals surface area contributed by atoms with Crippen molar-refractivity contribution >= 4 is 12.0 Å². The van der Waals surface area contributed by atoms with Crippen LogP contribution >= 0.6 is 0 Å². The summed E-state index contributed by atoms with van der Waals surface area (Å²) in [5, 5.41) is 1.30. The fourth-order valence-electron chi connectivity index (χ4n) is 0.995. The van der Waals surface area contributed by atoms with Crippen LogP contribution in [0.5, 0.6) is 0 Å². The molecule has 13 heavy (non-hydrogen) atoms. The number of carbonyl (C=O) groups is 1. The molecule has 0 atom stereocenters. The van der Waals surface area contributed by atoms with E-state index in [-0.39, 0.29) is 0 Å². The van der Waals surface area contributed by atoms with E-state index < -0.39 is 0 Å². The highest BCUT2D eigenvalue weighted by Crippen LogP contribution is 2.15. The van der Waals surface area contributed by atoms with Gasteiger partial charge in [0.25, 0.3) is 0 Å². The second-order valence-electron chi connectivity index (χ2n) is 2.43. The van der Waals surface area contributed by atoms with Gasteiger partial charge in [-0.15, -0.1) is 0 Å². The van der Waals surface area contributed by atoms with Gasteiger partial charge < -0.3 is 5.73 Å². The Kier molecular flexibility index (Phi) is 3.05. The molecule has 0 saturated heterocycles. The molecular weight excluding hydrogens is 166 g/mol. The van der Waals surface area contributed by atoms with E-state index in [1.54, 1.807) is 24.3 Å². The molecule has 1 aromatic rings. The summed E-state index contributed by atoms with van der Waals surface area (Å²) in [7, 11) is 0. The first-order valence-electron chi connectivity index (χ1n) is 3.76. The van der Waals surface area contributed by atoms with E-state index in [1.165, 1.54) is 17.4 Å². The van der Waals surface area contributed by atoms with Gasteiger partial charge in [0.2, 0.25) is 0 Å². The predicted octanol–water partition coefficient (Wildman–Crippen LogP) is 0.609. The number of rotatable bonds is 3. The summed E-state index contributed by atoms with van der Waals surface area (Å²) in [4.78, 5) is 10.6. The smallest absolute Gasteiger partial charge is 0.152 e. The third-order valence-electron chi connectivity index (χ3n) is 1.59. The Bertz CT molecular complexity index is 322. The number of carbonyl (C=O) groups excluding carboxylic acids is 1. The van der Waals surface area contributed by atoms with E-state index in [2.05, 4.69) is 0 Å². The van der Waals surface area contributed by atoms with Crippen molar-refractivity contribution in [3.05, 3.63) is 42.2 Å². The van der Waals surface area contributed by atoms with Crippen LogP contribution in [0.4, 0.5) is 5.69 Å². The van der Waals surface area contributed by atoms with Crippen molar-refractivity contribution in [1.82, 2.24) is 0 Å². The van der Waals surface area contributed by atoms with Gasteiger partial charge in [0.1, 0.15) is 0 Å². The Labute approximate surface area is 76.4 Å². The van der Waals surface area contributed by atoms with Crippen molar-refractivity contribution in [3.8, 4) is 0 Å². The van der Waals surface area contributed by atoms with Crippen molar-refractivity contribution < 1.29 is 4.79 Å². The summed E-state index contributed by atoms with van der Waals surface area (Å²) in [5.74, 6) is 5.59. The van der Waals surface area contributed by atoms with Crippen LogP contribution in [0.1, 0.15) is 10.4 Å². The molecule has 0 aliphatic rings. The quantitative estimate of drug-likeness (QED) is 0.403. The summed E-state index contributed by atoms with van der Waals surface area (Å²) in [6.07, 6.45) is 3.53. The number of para-hydroxylation sites is 1. The lowest BCUT2D eigenvalue weighted by atomic mass is 10.2. The van der Waals surface area contributed by atoms with Crippen LogP contribution in [0.15, 0.2) is 36.7 Å². The summed E-state index contributed by atoms with van der Waals surface area (Å²) >= 11 is 0. The molecule has 0 aliphatic heterocycles. The minimum Gasteiger partial charge on any atom is -0.403 e. The predicted molar refractivity (Wildman–Crippen MR) is 51.8 cm³/mol. The van der Waals surface area contributed by atoms with Gasteiger partial charge in [-0.3, -0.25) is 9.80 Å². The number of benzene rings is 1. The Hall–Kier alpha value is -1.81. The maximum absolute atomic E-state index is 10.6. The number of hydrogen-bond donors (Lipinski definition) is 2. The summed E-state index contributed by atoms with van der Waals surface area (Å²) < 4.78 is 0. The van der Waals surface area contributed by atoms with Crippen LogP contribution < -0.4 is 16.6 Å². The molecule has 68 valence electrons. The molecule has 0 bridgehead atoms. The first-order chi connectivity index (χ1) is 6.29. The molecule has 4 N–H and O–H groups in total. The molecule has 1 rings (SSSR count). The first kappa shape index (κ1) is 9.28. The number of aldehydes is 1. The maximum atomic E-state index is 10.6. The van der Waals surface area contributed by atoms with Gasteiger partial charge >= 0.3 is 0 Å². The van der Waals surface area contributed by atoms with Gasteiger partial charge in [0.15, 0.2) is 6.29 Å². The largest absolute Gasteiger partial charge is 0.403 e. The van der Waals surface area contributed by atoms with E-state index >= 15 is 0 Å². The fraction of sp³-hybridized carbons (Fsp3) is 0. The highest BCUT2D eigenvalue weighted by Gasteiger charge is 2.02. The molecule has 0 aliphatic carbocycles. The van der Waals surface area contributed by atoms with Crippen molar-refractivity contribution in [2.75, 3.05) is 5.01 Å². The molecule has 0 unspecified atom stereocenters. The SMILES string of the molecule is N/C=C\N(N)c1ccccc1C=O. The Morgan fingerprint density at radius 2 is 2.00 bits per heavy atom. The first-order valence-corrected chi connectivity index (χ1v) is 3.76. The highest BCUT2D eigenvalue weighted by atomic mass is 16.1. The molecule has 4 nitrogen and oxygen atoms in total. The van der Waals surface area contributed by atoms with E-state index in [0.29, 0.717) is 11.3 Å². The second kappa shape index (κ2) is 4.27. The van der Waals surface area contributed by atoms with Gasteiger partial charge in [0, 0.05) is 18.0 Å². The monoisotopic (exact) mass is 177 g/mol. The topological polar surface area (TPSA) is 72.3 Å². The van der Waals surface area contributed by atoms with Gasteiger partial charge in [0.05, 0.1) is 5.69 Å². The molecule has 4 heteroatoms. The van der Waals surface area contributed by atoms with Crippen LogP contribution in [0.2, 0.25) is 0 Å². The number of nitrogens with two attached hydrogens (primary N) is 2. The zero-order chi connectivity index (χ0) is 9.68. The molecule has 0 aromatic heterocycles.